The van der Waals surface area contributed by atoms with Crippen molar-refractivity contribution < 1.29 is 4.79 Å². The summed E-state index contributed by atoms with van der Waals surface area (Å²) in [6, 6.07) is 9.80. The van der Waals surface area contributed by atoms with Gasteiger partial charge in [-0.3, -0.25) is 4.79 Å². The third kappa shape index (κ3) is 3.43. The van der Waals surface area contributed by atoms with Gasteiger partial charge in [0.1, 0.15) is 0 Å². The van der Waals surface area contributed by atoms with Crippen molar-refractivity contribution >= 4 is 5.91 Å². The number of benzene rings is 1. The van der Waals surface area contributed by atoms with E-state index >= 15 is 0 Å². The van der Waals surface area contributed by atoms with Crippen LogP contribution in [0.4, 0.5) is 0 Å². The summed E-state index contributed by atoms with van der Waals surface area (Å²) in [6.45, 7) is 7.11. The van der Waals surface area contributed by atoms with Crippen molar-refractivity contribution in [3.05, 3.63) is 61.2 Å². The Morgan fingerprint density at radius 1 is 1.33 bits per heavy atom. The highest BCUT2D eigenvalue weighted by atomic mass is 16.1. The number of hydrogen-bond donors (Lipinski definition) is 1. The van der Waals surface area contributed by atoms with Gasteiger partial charge in [0.15, 0.2) is 0 Å². The van der Waals surface area contributed by atoms with Gasteiger partial charge >= 0.3 is 0 Å². The third-order valence-electron chi connectivity index (χ3n) is 2.11. The molecule has 1 rings (SSSR count). The van der Waals surface area contributed by atoms with Crippen LogP contribution >= 0.6 is 0 Å². The SMILES string of the molecule is C=CC[C@@H](NC(=O)C=C)c1ccccc1. The topological polar surface area (TPSA) is 29.1 Å². The lowest BCUT2D eigenvalue weighted by Crippen LogP contribution is -2.26. The maximum Gasteiger partial charge on any atom is 0.243 e. The third-order valence-corrected chi connectivity index (χ3v) is 2.11. The average molecular weight is 201 g/mol. The first-order valence-corrected chi connectivity index (χ1v) is 4.86. The summed E-state index contributed by atoms with van der Waals surface area (Å²) < 4.78 is 0. The Kier molecular flexibility index (Phi) is 4.35. The zero-order valence-electron chi connectivity index (χ0n) is 8.65. The average Bonchev–Trinajstić information content (AvgIpc) is 2.29. The van der Waals surface area contributed by atoms with E-state index in [9.17, 15) is 4.79 Å². The molecule has 0 heterocycles. The molecule has 0 saturated heterocycles. The fraction of sp³-hybridized carbons (Fsp3) is 0.154. The monoisotopic (exact) mass is 201 g/mol. The summed E-state index contributed by atoms with van der Waals surface area (Å²) in [5.41, 5.74) is 1.08. The Balaban J connectivity index is 2.78. The lowest BCUT2D eigenvalue weighted by molar-refractivity contribution is -0.117. The van der Waals surface area contributed by atoms with Crippen LogP contribution in [-0.2, 0) is 4.79 Å². The summed E-state index contributed by atoms with van der Waals surface area (Å²) in [5, 5.41) is 2.86. The summed E-state index contributed by atoms with van der Waals surface area (Å²) in [7, 11) is 0. The predicted molar refractivity (Wildman–Crippen MR) is 62.3 cm³/mol. The first-order chi connectivity index (χ1) is 7.27. The molecule has 0 aliphatic rings. The molecule has 78 valence electrons. The molecule has 0 radical (unpaired) electrons. The Morgan fingerprint density at radius 3 is 2.53 bits per heavy atom. The van der Waals surface area contributed by atoms with Crippen molar-refractivity contribution in [2.75, 3.05) is 0 Å². The molecule has 1 amide bonds. The van der Waals surface area contributed by atoms with Gasteiger partial charge in [-0.2, -0.15) is 0 Å². The zero-order chi connectivity index (χ0) is 11.1. The van der Waals surface area contributed by atoms with Crippen molar-refractivity contribution in [2.24, 2.45) is 0 Å². The first kappa shape index (κ1) is 11.2. The van der Waals surface area contributed by atoms with E-state index < -0.39 is 0 Å². The van der Waals surface area contributed by atoms with Crippen LogP contribution in [0.25, 0.3) is 0 Å². The smallest absolute Gasteiger partial charge is 0.243 e. The van der Waals surface area contributed by atoms with E-state index in [4.69, 9.17) is 0 Å². The van der Waals surface area contributed by atoms with E-state index in [0.29, 0.717) is 6.42 Å². The molecule has 1 aromatic rings. The quantitative estimate of drug-likeness (QED) is 0.576. The molecule has 1 atom stereocenters. The number of nitrogens with one attached hydrogen (secondary N) is 1. The van der Waals surface area contributed by atoms with Crippen molar-refractivity contribution in [3.8, 4) is 0 Å². The fourth-order valence-electron chi connectivity index (χ4n) is 1.36. The van der Waals surface area contributed by atoms with E-state index in [0.717, 1.165) is 5.56 Å². The number of amides is 1. The van der Waals surface area contributed by atoms with Crippen LogP contribution in [0.15, 0.2) is 55.6 Å². The van der Waals surface area contributed by atoms with Crippen LogP contribution in [-0.4, -0.2) is 5.91 Å². The van der Waals surface area contributed by atoms with E-state index in [1.807, 2.05) is 30.3 Å². The van der Waals surface area contributed by atoms with Gasteiger partial charge in [0.25, 0.3) is 0 Å². The van der Waals surface area contributed by atoms with E-state index in [-0.39, 0.29) is 11.9 Å². The molecule has 0 aliphatic carbocycles. The van der Waals surface area contributed by atoms with Gasteiger partial charge in [-0.25, -0.2) is 0 Å². The second-order valence-corrected chi connectivity index (χ2v) is 3.20. The van der Waals surface area contributed by atoms with Crippen LogP contribution in [0.3, 0.4) is 0 Å². The number of hydrogen-bond acceptors (Lipinski definition) is 1. The standard InChI is InChI=1S/C13H15NO/c1-3-8-12(14-13(15)4-2)11-9-6-5-7-10-11/h3-7,9-10,12H,1-2,8H2,(H,14,15)/t12-/m1/s1. The molecule has 0 saturated carbocycles. The highest BCUT2D eigenvalue weighted by Crippen LogP contribution is 2.16. The van der Waals surface area contributed by atoms with Gasteiger partial charge in [-0.1, -0.05) is 43.0 Å². The van der Waals surface area contributed by atoms with E-state index in [2.05, 4.69) is 18.5 Å². The minimum Gasteiger partial charge on any atom is -0.345 e. The molecule has 2 nitrogen and oxygen atoms in total. The van der Waals surface area contributed by atoms with Gasteiger partial charge in [-0.15, -0.1) is 6.58 Å². The Bertz CT molecular complexity index is 343. The van der Waals surface area contributed by atoms with Gasteiger partial charge in [0.2, 0.25) is 5.91 Å². The van der Waals surface area contributed by atoms with Gasteiger partial charge in [-0.05, 0) is 18.1 Å². The first-order valence-electron chi connectivity index (χ1n) is 4.86. The maximum atomic E-state index is 11.2. The molecule has 0 fully saturated rings. The largest absolute Gasteiger partial charge is 0.345 e. The maximum absolute atomic E-state index is 11.2. The van der Waals surface area contributed by atoms with Crippen molar-refractivity contribution in [3.63, 3.8) is 0 Å². The summed E-state index contributed by atoms with van der Waals surface area (Å²) in [5.74, 6) is -0.161. The molecular formula is C13H15NO. The Labute approximate surface area is 90.3 Å². The molecule has 0 aromatic heterocycles. The van der Waals surface area contributed by atoms with Gasteiger partial charge < -0.3 is 5.32 Å². The predicted octanol–water partition coefficient (Wildman–Crippen LogP) is 2.61. The second-order valence-electron chi connectivity index (χ2n) is 3.20. The minimum atomic E-state index is -0.161. The minimum absolute atomic E-state index is 0.0193. The molecule has 15 heavy (non-hydrogen) atoms. The van der Waals surface area contributed by atoms with Crippen molar-refractivity contribution in [2.45, 2.75) is 12.5 Å². The van der Waals surface area contributed by atoms with Crippen LogP contribution in [0.2, 0.25) is 0 Å². The Morgan fingerprint density at radius 2 is 2.00 bits per heavy atom. The van der Waals surface area contributed by atoms with Crippen LogP contribution in [0.1, 0.15) is 18.0 Å². The van der Waals surface area contributed by atoms with Crippen LogP contribution < -0.4 is 5.32 Å². The highest BCUT2D eigenvalue weighted by molar-refractivity contribution is 5.87. The van der Waals surface area contributed by atoms with Gasteiger partial charge in [0, 0.05) is 0 Å². The van der Waals surface area contributed by atoms with E-state index in [1.165, 1.54) is 6.08 Å². The number of carbonyl (C=O) groups excluding carboxylic acids is 1. The fourth-order valence-corrected chi connectivity index (χ4v) is 1.36. The molecule has 1 N–H and O–H groups in total. The lowest BCUT2D eigenvalue weighted by atomic mass is 10.0. The molecule has 0 spiro atoms. The second kappa shape index (κ2) is 5.81. The molecule has 0 aliphatic heterocycles. The van der Waals surface area contributed by atoms with E-state index in [1.54, 1.807) is 6.08 Å². The molecule has 0 bridgehead atoms. The van der Waals surface area contributed by atoms with Crippen LogP contribution in [0, 0.1) is 0 Å². The lowest BCUT2D eigenvalue weighted by Gasteiger charge is -2.16. The molecule has 0 unspecified atom stereocenters. The normalized spacial score (nSPS) is 11.5. The highest BCUT2D eigenvalue weighted by Gasteiger charge is 2.10. The molecule has 2 heteroatoms. The molecular weight excluding hydrogens is 186 g/mol. The number of rotatable bonds is 5. The zero-order valence-corrected chi connectivity index (χ0v) is 8.65. The summed E-state index contributed by atoms with van der Waals surface area (Å²) >= 11 is 0. The van der Waals surface area contributed by atoms with Gasteiger partial charge in [0.05, 0.1) is 6.04 Å². The summed E-state index contributed by atoms with van der Waals surface area (Å²) in [6.07, 6.45) is 3.78. The van der Waals surface area contributed by atoms with Crippen molar-refractivity contribution in [1.29, 1.82) is 0 Å². The molecule has 1 aromatic carbocycles. The van der Waals surface area contributed by atoms with Crippen LogP contribution in [0.5, 0.6) is 0 Å². The number of carbonyl (C=O) groups is 1. The Hall–Kier alpha value is -1.83. The summed E-state index contributed by atoms with van der Waals surface area (Å²) in [4.78, 5) is 11.2. The van der Waals surface area contributed by atoms with Crippen molar-refractivity contribution in [1.82, 2.24) is 5.32 Å².